The van der Waals surface area contributed by atoms with Crippen molar-refractivity contribution in [1.29, 1.82) is 0 Å². The van der Waals surface area contributed by atoms with E-state index in [2.05, 4.69) is 21.2 Å². The van der Waals surface area contributed by atoms with Gasteiger partial charge >= 0.3 is 0 Å². The first kappa shape index (κ1) is 18.8. The number of halogens is 2. The number of hydrogen-bond acceptors (Lipinski definition) is 4. The van der Waals surface area contributed by atoms with Crippen molar-refractivity contribution >= 4 is 11.6 Å². The molecule has 1 unspecified atom stereocenters. The van der Waals surface area contributed by atoms with Gasteiger partial charge in [-0.3, -0.25) is 4.90 Å². The molecule has 0 bridgehead atoms. The minimum Gasteiger partial charge on any atom is -0.472 e. The fourth-order valence-corrected chi connectivity index (χ4v) is 5.28. The molecule has 150 valence electrons. The van der Waals surface area contributed by atoms with Gasteiger partial charge in [-0.25, -0.2) is 4.39 Å². The van der Waals surface area contributed by atoms with Crippen molar-refractivity contribution in [1.82, 2.24) is 15.1 Å². The Balaban J connectivity index is 1.18. The summed E-state index contributed by atoms with van der Waals surface area (Å²) in [6, 6.07) is 10.2. The zero-order valence-corrected chi connectivity index (χ0v) is 16.9. The van der Waals surface area contributed by atoms with Crippen molar-refractivity contribution in [3.8, 4) is 11.3 Å². The molecule has 1 aliphatic heterocycles. The number of aromatic nitrogens is 2. The van der Waals surface area contributed by atoms with Crippen LogP contribution >= 0.6 is 11.6 Å². The summed E-state index contributed by atoms with van der Waals surface area (Å²) in [5.41, 5.74) is 3.45. The summed E-state index contributed by atoms with van der Waals surface area (Å²) < 4.78 is 18.7. The Kier molecular flexibility index (Phi) is 5.10. The van der Waals surface area contributed by atoms with Crippen molar-refractivity contribution in [3.63, 3.8) is 0 Å². The van der Waals surface area contributed by atoms with Crippen LogP contribution in [0.3, 0.4) is 0 Å². The van der Waals surface area contributed by atoms with Gasteiger partial charge in [0.05, 0.1) is 28.9 Å². The number of fused-ring (bicyclic) bond motifs is 1. The van der Waals surface area contributed by atoms with Gasteiger partial charge in [0, 0.05) is 30.8 Å². The van der Waals surface area contributed by atoms with Crippen molar-refractivity contribution in [2.75, 3.05) is 13.1 Å². The fraction of sp³-hybridized carbons (Fsp3) is 0.391. The third kappa shape index (κ3) is 4.07. The van der Waals surface area contributed by atoms with E-state index in [0.717, 1.165) is 30.5 Å². The van der Waals surface area contributed by atoms with E-state index in [1.165, 1.54) is 43.6 Å². The molecule has 5 rings (SSSR count). The first-order valence-electron chi connectivity index (χ1n) is 10.2. The highest BCUT2D eigenvalue weighted by Gasteiger charge is 2.40. The van der Waals surface area contributed by atoms with Gasteiger partial charge < -0.3 is 4.42 Å². The maximum Gasteiger partial charge on any atom is 0.123 e. The molecule has 3 aromatic rings. The van der Waals surface area contributed by atoms with Gasteiger partial charge in [0.1, 0.15) is 5.82 Å². The number of nitrogens with zero attached hydrogens (tertiary/aromatic N) is 3. The highest BCUT2D eigenvalue weighted by Crippen LogP contribution is 2.43. The molecule has 4 nitrogen and oxygen atoms in total. The second kappa shape index (κ2) is 7.88. The van der Waals surface area contributed by atoms with Gasteiger partial charge in [0.25, 0.3) is 0 Å². The van der Waals surface area contributed by atoms with Crippen LogP contribution in [0.15, 0.2) is 53.3 Å². The van der Waals surface area contributed by atoms with Crippen molar-refractivity contribution in [2.24, 2.45) is 17.8 Å². The Morgan fingerprint density at radius 2 is 1.90 bits per heavy atom. The first-order chi connectivity index (χ1) is 14.1. The molecule has 1 aromatic carbocycles. The van der Waals surface area contributed by atoms with Crippen molar-refractivity contribution in [3.05, 3.63) is 71.0 Å². The van der Waals surface area contributed by atoms with Crippen LogP contribution in [0, 0.1) is 23.6 Å². The summed E-state index contributed by atoms with van der Waals surface area (Å²) >= 11 is 6.18. The molecule has 1 saturated heterocycles. The van der Waals surface area contributed by atoms with E-state index in [9.17, 15) is 4.39 Å². The summed E-state index contributed by atoms with van der Waals surface area (Å²) in [6.45, 7) is 3.34. The highest BCUT2D eigenvalue weighted by atomic mass is 35.5. The summed E-state index contributed by atoms with van der Waals surface area (Å²) in [7, 11) is 0. The summed E-state index contributed by atoms with van der Waals surface area (Å²) in [6.07, 6.45) is 7.06. The van der Waals surface area contributed by atoms with Crippen LogP contribution in [-0.2, 0) is 13.0 Å². The van der Waals surface area contributed by atoms with Crippen LogP contribution in [0.1, 0.15) is 24.1 Å². The van der Waals surface area contributed by atoms with E-state index in [1.54, 1.807) is 12.3 Å². The van der Waals surface area contributed by atoms with Gasteiger partial charge in [0.15, 0.2) is 0 Å². The maximum atomic E-state index is 13.5. The smallest absolute Gasteiger partial charge is 0.123 e. The van der Waals surface area contributed by atoms with Crippen molar-refractivity contribution in [2.45, 2.75) is 25.8 Å². The van der Waals surface area contributed by atoms with Crippen LogP contribution in [-0.4, -0.2) is 28.2 Å². The Hall–Kier alpha value is -2.24. The molecule has 2 aromatic heterocycles. The zero-order valence-electron chi connectivity index (χ0n) is 16.1. The van der Waals surface area contributed by atoms with Gasteiger partial charge in [-0.05, 0) is 73.4 Å². The molecule has 1 aliphatic carbocycles. The monoisotopic (exact) mass is 411 g/mol. The van der Waals surface area contributed by atoms with Gasteiger partial charge in [-0.1, -0.05) is 11.6 Å². The molecule has 1 saturated carbocycles. The fourth-order valence-electron chi connectivity index (χ4n) is 5.06. The molecule has 2 aliphatic rings. The van der Waals surface area contributed by atoms with Crippen LogP contribution < -0.4 is 0 Å². The predicted molar refractivity (Wildman–Crippen MR) is 110 cm³/mol. The van der Waals surface area contributed by atoms with Crippen molar-refractivity contribution < 1.29 is 8.81 Å². The molecule has 2 fully saturated rings. The third-order valence-electron chi connectivity index (χ3n) is 6.33. The predicted octanol–water partition coefficient (Wildman–Crippen LogP) is 5.23. The minimum absolute atomic E-state index is 0.324. The molecule has 0 amide bonds. The lowest BCUT2D eigenvalue weighted by atomic mass is 9.99. The van der Waals surface area contributed by atoms with Crippen LogP contribution in [0.5, 0.6) is 0 Å². The van der Waals surface area contributed by atoms with E-state index >= 15 is 0 Å². The van der Waals surface area contributed by atoms with E-state index < -0.39 is 0 Å². The average Bonchev–Trinajstić information content (AvgIpc) is 3.42. The summed E-state index contributed by atoms with van der Waals surface area (Å²) in [5.74, 6) is 1.91. The van der Waals surface area contributed by atoms with Gasteiger partial charge in [-0.15, -0.1) is 0 Å². The van der Waals surface area contributed by atoms with E-state index in [4.69, 9.17) is 16.0 Å². The van der Waals surface area contributed by atoms with Crippen LogP contribution in [0.2, 0.25) is 5.02 Å². The lowest BCUT2D eigenvalue weighted by Gasteiger charge is -2.18. The molecule has 3 atom stereocenters. The molecule has 29 heavy (non-hydrogen) atoms. The zero-order chi connectivity index (χ0) is 19.8. The maximum absolute atomic E-state index is 13.5. The molecule has 6 heteroatoms. The Morgan fingerprint density at radius 1 is 1.07 bits per heavy atom. The molecule has 3 heterocycles. The Bertz CT molecular complexity index is 962. The van der Waals surface area contributed by atoms with E-state index in [-0.39, 0.29) is 5.82 Å². The van der Waals surface area contributed by atoms with E-state index in [0.29, 0.717) is 22.2 Å². The molecule has 0 N–H and O–H groups in total. The van der Waals surface area contributed by atoms with Gasteiger partial charge in [0.2, 0.25) is 0 Å². The molecule has 0 spiro atoms. The standard InChI is InChI=1S/C23H23ClFN3O/c24-22-3-1-19(25)10-21(22)23-4-2-20(26-27-23)9-16-7-17-12-28(13-18(17)8-16)11-15-5-6-29-14-15/h1-6,10,14,16-18H,7-9,11-13H2/t16?,17-,18+. The number of likely N-dealkylation sites (tertiary alicyclic amines) is 1. The Labute approximate surface area is 174 Å². The number of benzene rings is 1. The lowest BCUT2D eigenvalue weighted by Crippen LogP contribution is -2.22. The molecule has 0 radical (unpaired) electrons. The number of rotatable bonds is 5. The number of furan rings is 1. The normalized spacial score (nSPS) is 24.1. The minimum atomic E-state index is -0.324. The van der Waals surface area contributed by atoms with Gasteiger partial charge in [-0.2, -0.15) is 10.2 Å². The van der Waals surface area contributed by atoms with E-state index in [1.807, 2.05) is 18.4 Å². The quantitative estimate of drug-likeness (QED) is 0.576. The van der Waals surface area contributed by atoms with Crippen LogP contribution in [0.4, 0.5) is 4.39 Å². The highest BCUT2D eigenvalue weighted by molar-refractivity contribution is 6.33. The summed E-state index contributed by atoms with van der Waals surface area (Å²) in [5, 5.41) is 9.18. The molecular weight excluding hydrogens is 389 g/mol. The SMILES string of the molecule is Fc1ccc(Cl)c(-c2ccc(CC3C[C@@H]4CN(Cc5ccoc5)C[C@@H]4C3)nn2)c1. The second-order valence-electron chi connectivity index (χ2n) is 8.42. The summed E-state index contributed by atoms with van der Waals surface area (Å²) in [4.78, 5) is 2.55. The lowest BCUT2D eigenvalue weighted by molar-refractivity contribution is 0.289. The topological polar surface area (TPSA) is 42.2 Å². The largest absolute Gasteiger partial charge is 0.472 e. The van der Waals surface area contributed by atoms with Crippen LogP contribution in [0.25, 0.3) is 11.3 Å². The number of hydrogen-bond donors (Lipinski definition) is 0. The third-order valence-corrected chi connectivity index (χ3v) is 6.66. The first-order valence-corrected chi connectivity index (χ1v) is 10.5. The average molecular weight is 412 g/mol. The Morgan fingerprint density at radius 3 is 2.59 bits per heavy atom. The second-order valence-corrected chi connectivity index (χ2v) is 8.83. The molecular formula is C23H23ClFN3O.